The Morgan fingerprint density at radius 3 is 2.67 bits per heavy atom. The van der Waals surface area contributed by atoms with Gasteiger partial charge in [-0.1, -0.05) is 23.2 Å². The van der Waals surface area contributed by atoms with Gasteiger partial charge in [-0.15, -0.1) is 11.3 Å². The number of hydrogen-bond donors (Lipinski definition) is 3. The summed E-state index contributed by atoms with van der Waals surface area (Å²) in [6.07, 6.45) is 1.75. The van der Waals surface area contributed by atoms with E-state index in [9.17, 15) is 0 Å². The van der Waals surface area contributed by atoms with Gasteiger partial charge >= 0.3 is 0 Å². The molecule has 0 aliphatic carbocycles. The van der Waals surface area contributed by atoms with Gasteiger partial charge in [0.25, 0.3) is 0 Å². The Morgan fingerprint density at radius 1 is 1.33 bits per heavy atom. The maximum Gasteiger partial charge on any atom is 0.161 e. The third kappa shape index (κ3) is 2.84. The van der Waals surface area contributed by atoms with Crippen LogP contribution in [0.3, 0.4) is 0 Å². The molecule has 8 heteroatoms. The van der Waals surface area contributed by atoms with Crippen LogP contribution >= 0.6 is 34.5 Å². The average Bonchev–Trinajstić information content (AvgIpc) is 2.86. The second-order valence-electron chi connectivity index (χ2n) is 3.53. The molecule has 0 radical (unpaired) electrons. The number of rotatable bonds is 4. The largest absolute Gasteiger partial charge is 0.360 e. The van der Waals surface area contributed by atoms with Crippen LogP contribution in [-0.4, -0.2) is 9.97 Å². The minimum absolute atomic E-state index is 0.00167. The zero-order chi connectivity index (χ0) is 13.1. The van der Waals surface area contributed by atoms with E-state index in [2.05, 4.69) is 20.7 Å². The smallest absolute Gasteiger partial charge is 0.161 e. The molecule has 2 aromatic rings. The third-order valence-electron chi connectivity index (χ3n) is 2.24. The molecule has 0 fully saturated rings. The van der Waals surface area contributed by atoms with E-state index in [0.717, 1.165) is 5.01 Å². The highest BCUT2D eigenvalue weighted by Gasteiger charge is 2.13. The molecule has 0 spiro atoms. The zero-order valence-electron chi connectivity index (χ0n) is 9.45. The van der Waals surface area contributed by atoms with Crippen LogP contribution in [0.2, 0.25) is 10.0 Å². The van der Waals surface area contributed by atoms with Crippen molar-refractivity contribution < 1.29 is 0 Å². The number of hydrogen-bond acceptors (Lipinski definition) is 6. The maximum atomic E-state index is 6.07. The molecular formula is C10H11Cl2N5S. The lowest BCUT2D eigenvalue weighted by molar-refractivity contribution is 0.861. The first kappa shape index (κ1) is 13.4. The fourth-order valence-electron chi connectivity index (χ4n) is 1.38. The molecule has 1 unspecified atom stereocenters. The molecule has 0 aliphatic heterocycles. The van der Waals surface area contributed by atoms with Crippen molar-refractivity contribution in [1.82, 2.24) is 9.97 Å². The molecule has 0 bridgehead atoms. The molecule has 0 aromatic carbocycles. The molecule has 5 nitrogen and oxygen atoms in total. The van der Waals surface area contributed by atoms with Gasteiger partial charge in [0.2, 0.25) is 0 Å². The van der Waals surface area contributed by atoms with Gasteiger partial charge in [-0.25, -0.2) is 15.8 Å². The van der Waals surface area contributed by atoms with Crippen molar-refractivity contribution in [2.24, 2.45) is 5.84 Å². The number of nitrogens with two attached hydrogens (primary N) is 1. The second kappa shape index (κ2) is 5.71. The molecule has 2 rings (SSSR count). The van der Waals surface area contributed by atoms with Gasteiger partial charge in [0.1, 0.15) is 10.8 Å². The normalized spacial score (nSPS) is 12.2. The first-order chi connectivity index (χ1) is 8.61. The predicted octanol–water partition coefficient (Wildman–Crippen LogP) is 3.30. The van der Waals surface area contributed by atoms with Crippen LogP contribution in [0, 0.1) is 0 Å². The van der Waals surface area contributed by atoms with Crippen molar-refractivity contribution >= 4 is 46.2 Å². The van der Waals surface area contributed by atoms with Crippen molar-refractivity contribution in [2.75, 3.05) is 10.7 Å². The van der Waals surface area contributed by atoms with Crippen LogP contribution in [0.4, 0.5) is 11.6 Å². The molecule has 0 saturated carbocycles. The van der Waals surface area contributed by atoms with Crippen molar-refractivity contribution in [1.29, 1.82) is 0 Å². The van der Waals surface area contributed by atoms with Gasteiger partial charge in [0, 0.05) is 11.6 Å². The van der Waals surface area contributed by atoms with Crippen molar-refractivity contribution in [3.63, 3.8) is 0 Å². The second-order valence-corrected chi connectivity index (χ2v) is 5.27. The van der Waals surface area contributed by atoms with Crippen molar-refractivity contribution in [3.05, 3.63) is 32.7 Å². The third-order valence-corrected chi connectivity index (χ3v) is 3.78. The summed E-state index contributed by atoms with van der Waals surface area (Å²) >= 11 is 13.5. The van der Waals surface area contributed by atoms with E-state index >= 15 is 0 Å². The minimum Gasteiger partial charge on any atom is -0.360 e. The summed E-state index contributed by atoms with van der Waals surface area (Å²) in [7, 11) is 0. The van der Waals surface area contributed by atoms with Crippen LogP contribution in [0.1, 0.15) is 18.0 Å². The Kier molecular flexibility index (Phi) is 4.23. The molecule has 18 heavy (non-hydrogen) atoms. The van der Waals surface area contributed by atoms with Gasteiger partial charge in [-0.05, 0) is 13.0 Å². The summed E-state index contributed by atoms with van der Waals surface area (Å²) in [6, 6.07) is 1.59. The number of pyridine rings is 1. The highest BCUT2D eigenvalue weighted by atomic mass is 35.5. The summed E-state index contributed by atoms with van der Waals surface area (Å²) in [5, 5.41) is 6.83. The highest BCUT2D eigenvalue weighted by Crippen LogP contribution is 2.31. The Hall–Kier alpha value is -1.08. The minimum atomic E-state index is 0.00167. The molecule has 96 valence electrons. The lowest BCUT2D eigenvalue weighted by Gasteiger charge is -2.14. The summed E-state index contributed by atoms with van der Waals surface area (Å²) in [4.78, 5) is 8.43. The van der Waals surface area contributed by atoms with E-state index in [1.54, 1.807) is 23.6 Å². The van der Waals surface area contributed by atoms with Crippen LogP contribution in [0.25, 0.3) is 0 Å². The monoisotopic (exact) mass is 303 g/mol. The van der Waals surface area contributed by atoms with E-state index in [1.165, 1.54) is 0 Å². The summed E-state index contributed by atoms with van der Waals surface area (Å²) < 4.78 is 0. The zero-order valence-corrected chi connectivity index (χ0v) is 11.8. The molecule has 1 atom stereocenters. The predicted molar refractivity (Wildman–Crippen MR) is 76.2 cm³/mol. The molecule has 0 saturated heterocycles. The first-order valence-corrected chi connectivity index (χ1v) is 6.74. The number of thiazole rings is 1. The standard InChI is InChI=1S/C10H11Cl2N5S/c1-5(10-14-2-3-18-10)15-8-6(11)4-7(12)9(16-8)17-13/h2-5H,13H2,1H3,(H2,15,16,17). The summed E-state index contributed by atoms with van der Waals surface area (Å²) in [5.74, 6) is 6.20. The van der Waals surface area contributed by atoms with Gasteiger partial charge in [-0.2, -0.15) is 0 Å². The van der Waals surface area contributed by atoms with Gasteiger partial charge in [0.05, 0.1) is 16.1 Å². The molecule has 2 heterocycles. The SMILES string of the molecule is CC(Nc1nc(NN)c(Cl)cc1Cl)c1nccs1. The number of halogens is 2. The van der Waals surface area contributed by atoms with Crippen LogP contribution in [-0.2, 0) is 0 Å². The van der Waals surface area contributed by atoms with E-state index in [4.69, 9.17) is 29.0 Å². The van der Waals surface area contributed by atoms with Crippen LogP contribution in [0.15, 0.2) is 17.6 Å². The van der Waals surface area contributed by atoms with E-state index in [0.29, 0.717) is 21.7 Å². The number of nitrogen functional groups attached to an aromatic ring is 1. The van der Waals surface area contributed by atoms with E-state index in [1.807, 2.05) is 12.3 Å². The summed E-state index contributed by atoms with van der Waals surface area (Å²) in [6.45, 7) is 1.97. The fraction of sp³-hybridized carbons (Fsp3) is 0.200. The lowest BCUT2D eigenvalue weighted by atomic mass is 10.3. The number of aromatic nitrogens is 2. The maximum absolute atomic E-state index is 6.07. The quantitative estimate of drug-likeness (QED) is 0.597. The number of nitrogens with zero attached hydrogens (tertiary/aromatic N) is 2. The number of hydrazine groups is 1. The lowest BCUT2D eigenvalue weighted by Crippen LogP contribution is -2.12. The van der Waals surface area contributed by atoms with Crippen molar-refractivity contribution in [2.45, 2.75) is 13.0 Å². The molecule has 4 N–H and O–H groups in total. The van der Waals surface area contributed by atoms with E-state index < -0.39 is 0 Å². The molecular weight excluding hydrogens is 293 g/mol. The Balaban J connectivity index is 2.23. The van der Waals surface area contributed by atoms with Crippen molar-refractivity contribution in [3.8, 4) is 0 Å². The van der Waals surface area contributed by atoms with Crippen LogP contribution < -0.4 is 16.6 Å². The topological polar surface area (TPSA) is 75.9 Å². The van der Waals surface area contributed by atoms with Gasteiger partial charge in [0.15, 0.2) is 5.82 Å². The van der Waals surface area contributed by atoms with E-state index in [-0.39, 0.29) is 6.04 Å². The summed E-state index contributed by atoms with van der Waals surface area (Å²) in [5.41, 5.74) is 2.42. The fourth-order valence-corrected chi connectivity index (χ4v) is 2.50. The highest BCUT2D eigenvalue weighted by molar-refractivity contribution is 7.09. The number of anilines is 2. The molecule has 2 aromatic heterocycles. The van der Waals surface area contributed by atoms with Crippen LogP contribution in [0.5, 0.6) is 0 Å². The molecule has 0 aliphatic rings. The average molecular weight is 304 g/mol. The first-order valence-electron chi connectivity index (χ1n) is 5.10. The molecule has 0 amide bonds. The Morgan fingerprint density at radius 2 is 2.06 bits per heavy atom. The Labute approximate surface area is 118 Å². The number of nitrogens with one attached hydrogen (secondary N) is 2. The van der Waals surface area contributed by atoms with Gasteiger partial charge < -0.3 is 10.7 Å². The van der Waals surface area contributed by atoms with Gasteiger partial charge in [-0.3, -0.25) is 0 Å². The Bertz CT molecular complexity index is 531.